The fourth-order valence-corrected chi connectivity index (χ4v) is 2.58. The average Bonchev–Trinajstić information content (AvgIpc) is 2.51. The van der Waals surface area contributed by atoms with Crippen molar-refractivity contribution in [3.05, 3.63) is 64.7 Å². The average molecular weight is 307 g/mol. The maximum Gasteiger partial charge on any atom is 0.123 e. The van der Waals surface area contributed by atoms with Gasteiger partial charge in [0, 0.05) is 23.5 Å². The van der Waals surface area contributed by atoms with Gasteiger partial charge in [0.05, 0.1) is 0 Å². The number of rotatable bonds is 7. The molecule has 21 heavy (non-hydrogen) atoms. The summed E-state index contributed by atoms with van der Waals surface area (Å²) < 4.78 is 13.5. The van der Waals surface area contributed by atoms with Gasteiger partial charge in [-0.25, -0.2) is 4.39 Å². The van der Waals surface area contributed by atoms with Crippen LogP contribution in [0.1, 0.15) is 36.9 Å². The van der Waals surface area contributed by atoms with Crippen molar-refractivity contribution < 1.29 is 4.39 Å². The molecule has 0 aliphatic rings. The molecule has 1 aromatic heterocycles. The quantitative estimate of drug-likeness (QED) is 0.812. The number of aryl methyl sites for hydroxylation is 1. The standard InChI is InChI=1S/C17H20ClFN2/c1-2-9-21-17(6-3-13-7-10-20-11-8-13)15-12-14(19)4-5-16(15)18/h4-5,7-8,10-12,17,21H,2-3,6,9H2,1H3. The summed E-state index contributed by atoms with van der Waals surface area (Å²) in [6, 6.07) is 8.61. The van der Waals surface area contributed by atoms with Gasteiger partial charge in [0.25, 0.3) is 0 Å². The molecule has 0 aliphatic carbocycles. The molecule has 2 aromatic rings. The molecule has 0 aliphatic heterocycles. The summed E-state index contributed by atoms with van der Waals surface area (Å²) in [6.07, 6.45) is 6.38. The Balaban J connectivity index is 2.12. The lowest BCUT2D eigenvalue weighted by molar-refractivity contribution is 0.496. The first kappa shape index (κ1) is 15.9. The first-order valence-electron chi connectivity index (χ1n) is 7.28. The number of nitrogens with one attached hydrogen (secondary N) is 1. The van der Waals surface area contributed by atoms with E-state index in [-0.39, 0.29) is 11.9 Å². The fourth-order valence-electron chi connectivity index (χ4n) is 2.33. The van der Waals surface area contributed by atoms with Crippen molar-refractivity contribution in [3.63, 3.8) is 0 Å². The number of aromatic nitrogens is 1. The fraction of sp³-hybridized carbons (Fsp3) is 0.353. The van der Waals surface area contributed by atoms with Gasteiger partial charge < -0.3 is 5.32 Å². The smallest absolute Gasteiger partial charge is 0.123 e. The molecule has 1 heterocycles. The van der Waals surface area contributed by atoms with E-state index < -0.39 is 0 Å². The minimum atomic E-state index is -0.249. The Morgan fingerprint density at radius 2 is 2.00 bits per heavy atom. The number of hydrogen-bond acceptors (Lipinski definition) is 2. The molecule has 112 valence electrons. The van der Waals surface area contributed by atoms with Crippen molar-refractivity contribution in [3.8, 4) is 0 Å². The molecule has 4 heteroatoms. The third-order valence-corrected chi connectivity index (χ3v) is 3.79. The van der Waals surface area contributed by atoms with Crippen molar-refractivity contribution in [1.29, 1.82) is 0 Å². The maximum atomic E-state index is 13.5. The summed E-state index contributed by atoms with van der Waals surface area (Å²) in [4.78, 5) is 4.02. The topological polar surface area (TPSA) is 24.9 Å². The van der Waals surface area contributed by atoms with E-state index in [2.05, 4.69) is 17.2 Å². The molecule has 1 atom stereocenters. The molecule has 1 unspecified atom stereocenters. The van der Waals surface area contributed by atoms with Gasteiger partial charge in [-0.2, -0.15) is 0 Å². The molecule has 2 nitrogen and oxygen atoms in total. The third-order valence-electron chi connectivity index (χ3n) is 3.45. The molecule has 0 spiro atoms. The zero-order chi connectivity index (χ0) is 15.1. The molecule has 0 amide bonds. The molecule has 0 saturated heterocycles. The molecular formula is C17H20ClFN2. The first-order chi connectivity index (χ1) is 10.2. The zero-order valence-corrected chi connectivity index (χ0v) is 12.9. The Morgan fingerprint density at radius 1 is 1.24 bits per heavy atom. The molecule has 1 N–H and O–H groups in total. The van der Waals surface area contributed by atoms with E-state index in [0.717, 1.165) is 31.4 Å². The van der Waals surface area contributed by atoms with Crippen molar-refractivity contribution in [1.82, 2.24) is 10.3 Å². The second-order valence-electron chi connectivity index (χ2n) is 5.07. The van der Waals surface area contributed by atoms with Crippen LogP contribution < -0.4 is 5.32 Å². The Bertz CT molecular complexity index is 560. The molecule has 0 saturated carbocycles. The van der Waals surface area contributed by atoms with Crippen molar-refractivity contribution in [2.45, 2.75) is 32.2 Å². The molecule has 0 bridgehead atoms. The van der Waals surface area contributed by atoms with Crippen molar-refractivity contribution in [2.24, 2.45) is 0 Å². The van der Waals surface area contributed by atoms with Gasteiger partial charge in [0.15, 0.2) is 0 Å². The van der Waals surface area contributed by atoms with Crippen LogP contribution in [0.5, 0.6) is 0 Å². The van der Waals surface area contributed by atoms with Crippen LogP contribution in [-0.2, 0) is 6.42 Å². The molecule has 0 radical (unpaired) electrons. The van der Waals surface area contributed by atoms with Gasteiger partial charge in [-0.3, -0.25) is 4.98 Å². The van der Waals surface area contributed by atoms with E-state index >= 15 is 0 Å². The molecule has 1 aromatic carbocycles. The monoisotopic (exact) mass is 306 g/mol. The predicted molar refractivity (Wildman–Crippen MR) is 85.0 cm³/mol. The summed E-state index contributed by atoms with van der Waals surface area (Å²) >= 11 is 6.23. The number of halogens is 2. The van der Waals surface area contributed by atoms with Crippen LogP contribution in [0.25, 0.3) is 0 Å². The van der Waals surface area contributed by atoms with Crippen LogP contribution in [0.4, 0.5) is 4.39 Å². The highest BCUT2D eigenvalue weighted by Gasteiger charge is 2.15. The number of benzene rings is 1. The van der Waals surface area contributed by atoms with E-state index in [1.165, 1.54) is 17.7 Å². The van der Waals surface area contributed by atoms with E-state index in [4.69, 9.17) is 11.6 Å². The first-order valence-corrected chi connectivity index (χ1v) is 7.65. The lowest BCUT2D eigenvalue weighted by atomic mass is 9.99. The lowest BCUT2D eigenvalue weighted by Crippen LogP contribution is -2.23. The maximum absolute atomic E-state index is 13.5. The Labute approximate surface area is 130 Å². The molecular weight excluding hydrogens is 287 g/mol. The SMILES string of the molecule is CCCNC(CCc1ccncc1)c1cc(F)ccc1Cl. The number of nitrogens with zero attached hydrogens (tertiary/aromatic N) is 1. The third kappa shape index (κ3) is 4.80. The second-order valence-corrected chi connectivity index (χ2v) is 5.47. The summed E-state index contributed by atoms with van der Waals surface area (Å²) in [7, 11) is 0. The predicted octanol–water partition coefficient (Wildman–Crippen LogP) is 4.55. The summed E-state index contributed by atoms with van der Waals surface area (Å²) in [5.74, 6) is -0.249. The normalized spacial score (nSPS) is 12.3. The zero-order valence-electron chi connectivity index (χ0n) is 12.2. The number of hydrogen-bond donors (Lipinski definition) is 1. The van der Waals surface area contributed by atoms with Crippen LogP contribution in [0.2, 0.25) is 5.02 Å². The summed E-state index contributed by atoms with van der Waals surface area (Å²) in [6.45, 7) is 2.99. The highest BCUT2D eigenvalue weighted by atomic mass is 35.5. The Hall–Kier alpha value is -1.45. The van der Waals surface area contributed by atoms with E-state index in [0.29, 0.717) is 5.02 Å². The summed E-state index contributed by atoms with van der Waals surface area (Å²) in [5.41, 5.74) is 2.06. The van der Waals surface area contributed by atoms with Gasteiger partial charge in [0.2, 0.25) is 0 Å². The second kappa shape index (κ2) is 8.11. The summed E-state index contributed by atoms with van der Waals surface area (Å²) in [5, 5.41) is 4.07. The Kier molecular flexibility index (Phi) is 6.15. The van der Waals surface area contributed by atoms with Crippen LogP contribution in [-0.4, -0.2) is 11.5 Å². The van der Waals surface area contributed by atoms with Crippen LogP contribution in [0, 0.1) is 5.82 Å². The van der Waals surface area contributed by atoms with Gasteiger partial charge in [-0.15, -0.1) is 0 Å². The van der Waals surface area contributed by atoms with Gasteiger partial charge in [-0.1, -0.05) is 18.5 Å². The highest BCUT2D eigenvalue weighted by molar-refractivity contribution is 6.31. The van der Waals surface area contributed by atoms with Gasteiger partial charge >= 0.3 is 0 Å². The van der Waals surface area contributed by atoms with Gasteiger partial charge in [0.1, 0.15) is 5.82 Å². The Morgan fingerprint density at radius 3 is 2.71 bits per heavy atom. The highest BCUT2D eigenvalue weighted by Crippen LogP contribution is 2.27. The van der Waals surface area contributed by atoms with Gasteiger partial charge in [-0.05, 0) is 67.3 Å². The lowest BCUT2D eigenvalue weighted by Gasteiger charge is -2.20. The molecule has 2 rings (SSSR count). The largest absolute Gasteiger partial charge is 0.310 e. The van der Waals surface area contributed by atoms with Crippen LogP contribution >= 0.6 is 11.6 Å². The van der Waals surface area contributed by atoms with Crippen molar-refractivity contribution in [2.75, 3.05) is 6.54 Å². The van der Waals surface area contributed by atoms with E-state index in [1.54, 1.807) is 18.5 Å². The van der Waals surface area contributed by atoms with E-state index in [9.17, 15) is 4.39 Å². The minimum absolute atomic E-state index is 0.0568. The molecule has 0 fully saturated rings. The van der Waals surface area contributed by atoms with E-state index in [1.807, 2.05) is 12.1 Å². The van der Waals surface area contributed by atoms with Crippen molar-refractivity contribution >= 4 is 11.6 Å². The van der Waals surface area contributed by atoms with Crippen LogP contribution in [0.15, 0.2) is 42.7 Å². The van der Waals surface area contributed by atoms with Crippen LogP contribution in [0.3, 0.4) is 0 Å². The minimum Gasteiger partial charge on any atom is -0.310 e. The number of pyridine rings is 1.